The van der Waals surface area contributed by atoms with Gasteiger partial charge in [-0.2, -0.15) is 0 Å². The molecule has 2 nitrogen and oxygen atoms in total. The van der Waals surface area contributed by atoms with Crippen molar-refractivity contribution in [2.24, 2.45) is 0 Å². The summed E-state index contributed by atoms with van der Waals surface area (Å²) in [5.74, 6) is -0.291. The van der Waals surface area contributed by atoms with Gasteiger partial charge in [0.15, 0.2) is 5.79 Å². The second-order valence-electron chi connectivity index (χ2n) is 2.95. The van der Waals surface area contributed by atoms with E-state index in [-0.39, 0.29) is 5.79 Å². The van der Waals surface area contributed by atoms with Crippen LogP contribution in [0.3, 0.4) is 0 Å². The van der Waals surface area contributed by atoms with Gasteiger partial charge >= 0.3 is 0 Å². The average Bonchev–Trinajstić information content (AvgIpc) is 2.33. The lowest BCUT2D eigenvalue weighted by Gasteiger charge is -2.20. The highest BCUT2D eigenvalue weighted by atomic mass is 16.7. The zero-order valence-electron chi connectivity index (χ0n) is 7.02. The van der Waals surface area contributed by atoms with Crippen molar-refractivity contribution in [3.05, 3.63) is 0 Å². The molecule has 10 heavy (non-hydrogen) atoms. The molecule has 0 amide bonds. The predicted octanol–water partition coefficient (Wildman–Crippen LogP) is 1.94. The van der Waals surface area contributed by atoms with Crippen molar-refractivity contribution >= 4 is 0 Å². The molecule has 2 unspecified atom stereocenters. The third-order valence-electron chi connectivity index (χ3n) is 2.09. The van der Waals surface area contributed by atoms with Crippen LogP contribution in [0.25, 0.3) is 0 Å². The van der Waals surface area contributed by atoms with E-state index in [0.29, 0.717) is 6.10 Å². The maximum absolute atomic E-state index is 5.62. The van der Waals surface area contributed by atoms with E-state index in [2.05, 4.69) is 13.8 Å². The fraction of sp³-hybridized carbons (Fsp3) is 1.00. The third kappa shape index (κ3) is 1.50. The second-order valence-corrected chi connectivity index (χ2v) is 2.95. The minimum Gasteiger partial charge on any atom is -0.348 e. The monoisotopic (exact) mass is 144 g/mol. The molecule has 0 N–H and O–H groups in total. The molecule has 1 fully saturated rings. The van der Waals surface area contributed by atoms with Crippen molar-refractivity contribution < 1.29 is 9.47 Å². The smallest absolute Gasteiger partial charge is 0.165 e. The Kier molecular flexibility index (Phi) is 2.32. The van der Waals surface area contributed by atoms with Crippen molar-refractivity contribution in [1.29, 1.82) is 0 Å². The molecular formula is C8H16O2. The summed E-state index contributed by atoms with van der Waals surface area (Å²) in [7, 11) is 0. The molecule has 0 radical (unpaired) electrons. The van der Waals surface area contributed by atoms with E-state index in [1.807, 2.05) is 6.92 Å². The molecule has 0 bridgehead atoms. The van der Waals surface area contributed by atoms with Crippen molar-refractivity contribution in [3.63, 3.8) is 0 Å². The van der Waals surface area contributed by atoms with Crippen molar-refractivity contribution in [2.75, 3.05) is 6.61 Å². The first-order valence-corrected chi connectivity index (χ1v) is 4.02. The van der Waals surface area contributed by atoms with Gasteiger partial charge in [0.1, 0.15) is 0 Å². The third-order valence-corrected chi connectivity index (χ3v) is 2.09. The van der Waals surface area contributed by atoms with E-state index in [1.165, 1.54) is 0 Å². The Bertz CT molecular complexity index is 114. The number of hydrogen-bond acceptors (Lipinski definition) is 2. The lowest BCUT2D eigenvalue weighted by Crippen LogP contribution is -2.25. The summed E-state index contributed by atoms with van der Waals surface area (Å²) in [6.07, 6.45) is 2.31. The van der Waals surface area contributed by atoms with Gasteiger partial charge in [-0.15, -0.1) is 0 Å². The van der Waals surface area contributed by atoms with E-state index in [1.54, 1.807) is 0 Å². The topological polar surface area (TPSA) is 18.5 Å². The molecule has 1 saturated heterocycles. The standard InChI is InChI=1S/C8H16O2/c1-4-7-6-9-8(3,5-2)10-7/h7H,4-6H2,1-3H3. The fourth-order valence-electron chi connectivity index (χ4n) is 1.08. The first-order chi connectivity index (χ1) is 4.70. The van der Waals surface area contributed by atoms with Crippen molar-refractivity contribution in [2.45, 2.75) is 45.5 Å². The van der Waals surface area contributed by atoms with Gasteiger partial charge < -0.3 is 9.47 Å². The molecule has 1 rings (SSSR count). The number of ether oxygens (including phenoxy) is 2. The van der Waals surface area contributed by atoms with Crippen LogP contribution in [0.15, 0.2) is 0 Å². The molecule has 0 spiro atoms. The Hall–Kier alpha value is -0.0800. The van der Waals surface area contributed by atoms with E-state index < -0.39 is 0 Å². The minimum atomic E-state index is -0.291. The fourth-order valence-corrected chi connectivity index (χ4v) is 1.08. The van der Waals surface area contributed by atoms with Gasteiger partial charge in [0.05, 0.1) is 12.7 Å². The first-order valence-electron chi connectivity index (χ1n) is 4.02. The van der Waals surface area contributed by atoms with Crippen LogP contribution >= 0.6 is 0 Å². The minimum absolute atomic E-state index is 0.291. The Morgan fingerprint density at radius 1 is 1.50 bits per heavy atom. The van der Waals surface area contributed by atoms with Crippen LogP contribution in [0.1, 0.15) is 33.6 Å². The molecule has 1 aliphatic heterocycles. The van der Waals surface area contributed by atoms with E-state index in [4.69, 9.17) is 9.47 Å². The van der Waals surface area contributed by atoms with E-state index >= 15 is 0 Å². The lowest BCUT2D eigenvalue weighted by atomic mass is 10.2. The van der Waals surface area contributed by atoms with Gasteiger partial charge in [-0.3, -0.25) is 0 Å². The highest BCUT2D eigenvalue weighted by molar-refractivity contribution is 4.72. The van der Waals surface area contributed by atoms with Crippen LogP contribution in [0.5, 0.6) is 0 Å². The van der Waals surface area contributed by atoms with Crippen LogP contribution in [0.4, 0.5) is 0 Å². The lowest BCUT2D eigenvalue weighted by molar-refractivity contribution is -0.155. The summed E-state index contributed by atoms with van der Waals surface area (Å²) in [4.78, 5) is 0. The van der Waals surface area contributed by atoms with Gasteiger partial charge in [0.25, 0.3) is 0 Å². The molecule has 60 valence electrons. The Morgan fingerprint density at radius 3 is 2.50 bits per heavy atom. The van der Waals surface area contributed by atoms with Gasteiger partial charge in [0, 0.05) is 0 Å². The van der Waals surface area contributed by atoms with Crippen LogP contribution in [0, 0.1) is 0 Å². The summed E-state index contributed by atoms with van der Waals surface area (Å²) in [6, 6.07) is 0. The maximum Gasteiger partial charge on any atom is 0.165 e. The summed E-state index contributed by atoms with van der Waals surface area (Å²) in [5.41, 5.74) is 0. The molecular weight excluding hydrogens is 128 g/mol. The zero-order valence-corrected chi connectivity index (χ0v) is 7.02. The predicted molar refractivity (Wildman–Crippen MR) is 39.8 cm³/mol. The first kappa shape index (κ1) is 8.02. The Labute approximate surface area is 62.5 Å². The van der Waals surface area contributed by atoms with Gasteiger partial charge in [-0.1, -0.05) is 13.8 Å². The number of rotatable bonds is 2. The molecule has 0 aromatic rings. The second kappa shape index (κ2) is 2.89. The highest BCUT2D eigenvalue weighted by Gasteiger charge is 2.34. The summed E-state index contributed by atoms with van der Waals surface area (Å²) in [5, 5.41) is 0. The maximum atomic E-state index is 5.62. The number of hydrogen-bond donors (Lipinski definition) is 0. The van der Waals surface area contributed by atoms with Crippen LogP contribution < -0.4 is 0 Å². The molecule has 2 atom stereocenters. The van der Waals surface area contributed by atoms with Gasteiger partial charge in [-0.25, -0.2) is 0 Å². The molecule has 0 aromatic carbocycles. The molecule has 1 aliphatic rings. The molecule has 2 heteroatoms. The van der Waals surface area contributed by atoms with E-state index in [9.17, 15) is 0 Å². The zero-order chi connectivity index (χ0) is 7.61. The molecule has 0 saturated carbocycles. The summed E-state index contributed by atoms with van der Waals surface area (Å²) in [6.45, 7) is 6.97. The average molecular weight is 144 g/mol. The quantitative estimate of drug-likeness (QED) is 0.589. The highest BCUT2D eigenvalue weighted by Crippen LogP contribution is 2.27. The van der Waals surface area contributed by atoms with Gasteiger partial charge in [-0.05, 0) is 19.8 Å². The molecule has 1 heterocycles. The van der Waals surface area contributed by atoms with Crippen LogP contribution in [0.2, 0.25) is 0 Å². The van der Waals surface area contributed by atoms with Crippen LogP contribution in [-0.2, 0) is 9.47 Å². The molecule has 0 aliphatic carbocycles. The van der Waals surface area contributed by atoms with E-state index in [0.717, 1.165) is 19.4 Å². The molecule has 0 aromatic heterocycles. The summed E-state index contributed by atoms with van der Waals surface area (Å²) >= 11 is 0. The largest absolute Gasteiger partial charge is 0.348 e. The Balaban J connectivity index is 2.41. The van der Waals surface area contributed by atoms with Gasteiger partial charge in [0.2, 0.25) is 0 Å². The van der Waals surface area contributed by atoms with Crippen molar-refractivity contribution in [1.82, 2.24) is 0 Å². The van der Waals surface area contributed by atoms with Crippen molar-refractivity contribution in [3.8, 4) is 0 Å². The normalized spacial score (nSPS) is 40.5. The Morgan fingerprint density at radius 2 is 2.20 bits per heavy atom. The SMILES string of the molecule is CCC1COC(C)(CC)O1. The summed E-state index contributed by atoms with van der Waals surface area (Å²) < 4.78 is 11.1. The van der Waals surface area contributed by atoms with Crippen LogP contribution in [-0.4, -0.2) is 18.5 Å².